The van der Waals surface area contributed by atoms with Crippen LogP contribution in [0.4, 0.5) is 5.69 Å². The predicted molar refractivity (Wildman–Crippen MR) is 94.9 cm³/mol. The maximum atomic E-state index is 12.4. The molecule has 2 rings (SSSR count). The van der Waals surface area contributed by atoms with Gasteiger partial charge >= 0.3 is 0 Å². The van der Waals surface area contributed by atoms with Crippen LogP contribution in [0, 0.1) is 5.92 Å². The van der Waals surface area contributed by atoms with Crippen molar-refractivity contribution in [2.75, 3.05) is 25.6 Å². The number of ether oxygens (including phenoxy) is 1. The third kappa shape index (κ3) is 4.35. The lowest BCUT2D eigenvalue weighted by molar-refractivity contribution is -0.130. The first-order chi connectivity index (χ1) is 11.5. The molecule has 5 heteroatoms. The van der Waals surface area contributed by atoms with E-state index in [1.807, 2.05) is 19.1 Å². The van der Waals surface area contributed by atoms with Crippen molar-refractivity contribution >= 4 is 17.5 Å². The lowest BCUT2D eigenvalue weighted by atomic mass is 9.98. The van der Waals surface area contributed by atoms with Crippen molar-refractivity contribution in [3.05, 3.63) is 29.8 Å². The molecule has 0 aromatic heterocycles. The molecule has 1 saturated heterocycles. The number of benzene rings is 1. The summed E-state index contributed by atoms with van der Waals surface area (Å²) in [5.74, 6) is 0.141. The van der Waals surface area contributed by atoms with Crippen molar-refractivity contribution in [3.8, 4) is 0 Å². The third-order valence-corrected chi connectivity index (χ3v) is 4.83. The number of hydrogen-bond donors (Lipinski definition) is 1. The zero-order valence-electron chi connectivity index (χ0n) is 15.0. The minimum atomic E-state index is -0.300. The number of methoxy groups -OCH3 is 1. The summed E-state index contributed by atoms with van der Waals surface area (Å²) in [6, 6.07) is 7.96. The van der Waals surface area contributed by atoms with E-state index in [0.29, 0.717) is 19.1 Å². The summed E-state index contributed by atoms with van der Waals surface area (Å²) >= 11 is 0. The molecule has 2 amide bonds. The standard InChI is InChI=1S/C19H28N2O3/c1-5-13(2)15-6-8-17(9-7-15)20-19(23)16-10-18(22)21(11-16)14(3)12-24-4/h6-9,13-14,16H,5,10-12H2,1-4H3,(H,20,23)/t13-,14+,16-/m0/s1. The van der Waals surface area contributed by atoms with E-state index in [-0.39, 0.29) is 30.2 Å². The Morgan fingerprint density at radius 3 is 2.58 bits per heavy atom. The third-order valence-electron chi connectivity index (χ3n) is 4.83. The molecule has 1 heterocycles. The number of hydrogen-bond acceptors (Lipinski definition) is 3. The summed E-state index contributed by atoms with van der Waals surface area (Å²) in [5, 5.41) is 2.93. The minimum absolute atomic E-state index is 0.00452. The smallest absolute Gasteiger partial charge is 0.229 e. The Kier molecular flexibility index (Phi) is 6.37. The molecular weight excluding hydrogens is 304 g/mol. The largest absolute Gasteiger partial charge is 0.383 e. The van der Waals surface area contributed by atoms with Crippen LogP contribution in [0.3, 0.4) is 0 Å². The zero-order valence-corrected chi connectivity index (χ0v) is 15.0. The average molecular weight is 332 g/mol. The van der Waals surface area contributed by atoms with Crippen LogP contribution in [0.2, 0.25) is 0 Å². The van der Waals surface area contributed by atoms with Gasteiger partial charge in [0.2, 0.25) is 11.8 Å². The van der Waals surface area contributed by atoms with Gasteiger partial charge in [-0.05, 0) is 37.0 Å². The Hall–Kier alpha value is -1.88. The predicted octanol–water partition coefficient (Wildman–Crippen LogP) is 3.02. The normalized spacial score (nSPS) is 20.1. The van der Waals surface area contributed by atoms with Crippen LogP contribution in [-0.2, 0) is 14.3 Å². The summed E-state index contributed by atoms with van der Waals surface area (Å²) in [4.78, 5) is 26.3. The maximum absolute atomic E-state index is 12.4. The highest BCUT2D eigenvalue weighted by atomic mass is 16.5. The summed E-state index contributed by atoms with van der Waals surface area (Å²) in [6.45, 7) is 7.23. The molecule has 1 aromatic rings. The molecule has 1 N–H and O–H groups in total. The van der Waals surface area contributed by atoms with Crippen LogP contribution >= 0.6 is 0 Å². The number of carbonyl (C=O) groups excluding carboxylic acids is 2. The Bertz CT molecular complexity index is 570. The van der Waals surface area contributed by atoms with Gasteiger partial charge in [0.15, 0.2) is 0 Å². The second-order valence-electron chi connectivity index (χ2n) is 6.67. The van der Waals surface area contributed by atoms with Crippen LogP contribution in [0.25, 0.3) is 0 Å². The Morgan fingerprint density at radius 1 is 1.33 bits per heavy atom. The molecule has 1 aromatic carbocycles. The lowest BCUT2D eigenvalue weighted by Crippen LogP contribution is -2.38. The molecule has 5 nitrogen and oxygen atoms in total. The molecule has 24 heavy (non-hydrogen) atoms. The van der Waals surface area contributed by atoms with Gasteiger partial charge in [0.05, 0.1) is 18.6 Å². The molecule has 3 atom stereocenters. The molecule has 1 fully saturated rings. The van der Waals surface area contributed by atoms with Gasteiger partial charge in [-0.15, -0.1) is 0 Å². The van der Waals surface area contributed by atoms with Crippen LogP contribution in [0.1, 0.15) is 45.1 Å². The summed E-state index contributed by atoms with van der Waals surface area (Å²) in [6.07, 6.45) is 1.36. The fraction of sp³-hybridized carbons (Fsp3) is 0.579. The Balaban J connectivity index is 1.94. The number of amides is 2. The van der Waals surface area contributed by atoms with E-state index in [2.05, 4.69) is 31.3 Å². The van der Waals surface area contributed by atoms with Gasteiger partial charge in [-0.2, -0.15) is 0 Å². The Labute approximate surface area is 144 Å². The first-order valence-corrected chi connectivity index (χ1v) is 8.65. The SMILES string of the molecule is CC[C@H](C)c1ccc(NC(=O)[C@H]2CC(=O)N([C@H](C)COC)C2)cc1. The molecule has 1 aliphatic heterocycles. The van der Waals surface area contributed by atoms with Crippen molar-refractivity contribution in [1.82, 2.24) is 4.90 Å². The van der Waals surface area contributed by atoms with Crippen molar-refractivity contribution in [2.45, 2.75) is 45.6 Å². The van der Waals surface area contributed by atoms with Crippen molar-refractivity contribution in [2.24, 2.45) is 5.92 Å². The molecular formula is C19H28N2O3. The van der Waals surface area contributed by atoms with Crippen LogP contribution < -0.4 is 5.32 Å². The van der Waals surface area contributed by atoms with E-state index in [0.717, 1.165) is 12.1 Å². The highest BCUT2D eigenvalue weighted by Crippen LogP contribution is 2.24. The number of likely N-dealkylation sites (tertiary alicyclic amines) is 1. The first kappa shape index (κ1) is 18.5. The second-order valence-corrected chi connectivity index (χ2v) is 6.67. The quantitative estimate of drug-likeness (QED) is 0.835. The van der Waals surface area contributed by atoms with E-state index >= 15 is 0 Å². The average Bonchev–Trinajstić information content (AvgIpc) is 2.97. The first-order valence-electron chi connectivity index (χ1n) is 8.65. The van der Waals surface area contributed by atoms with E-state index in [4.69, 9.17) is 4.74 Å². The number of carbonyl (C=O) groups is 2. The molecule has 0 saturated carbocycles. The van der Waals surface area contributed by atoms with Crippen LogP contribution in [0.5, 0.6) is 0 Å². The second kappa shape index (κ2) is 8.29. The number of anilines is 1. The van der Waals surface area contributed by atoms with E-state index < -0.39 is 0 Å². The molecule has 132 valence electrons. The highest BCUT2D eigenvalue weighted by molar-refractivity contribution is 5.97. The lowest BCUT2D eigenvalue weighted by Gasteiger charge is -2.23. The molecule has 0 spiro atoms. The fourth-order valence-corrected chi connectivity index (χ4v) is 3.04. The minimum Gasteiger partial charge on any atom is -0.383 e. The number of nitrogens with one attached hydrogen (secondary N) is 1. The summed E-state index contributed by atoms with van der Waals surface area (Å²) in [5.41, 5.74) is 2.05. The molecule has 0 bridgehead atoms. The molecule has 1 aliphatic rings. The van der Waals surface area contributed by atoms with Crippen LogP contribution in [0.15, 0.2) is 24.3 Å². The summed E-state index contributed by atoms with van der Waals surface area (Å²) < 4.78 is 5.10. The Morgan fingerprint density at radius 2 is 2.00 bits per heavy atom. The fourth-order valence-electron chi connectivity index (χ4n) is 3.04. The van der Waals surface area contributed by atoms with Gasteiger partial charge < -0.3 is 15.0 Å². The van der Waals surface area contributed by atoms with E-state index in [1.54, 1.807) is 12.0 Å². The van der Waals surface area contributed by atoms with Crippen molar-refractivity contribution in [3.63, 3.8) is 0 Å². The van der Waals surface area contributed by atoms with Crippen molar-refractivity contribution in [1.29, 1.82) is 0 Å². The van der Waals surface area contributed by atoms with Crippen LogP contribution in [-0.4, -0.2) is 43.0 Å². The van der Waals surface area contributed by atoms with E-state index in [1.165, 1.54) is 5.56 Å². The number of rotatable bonds is 7. The maximum Gasteiger partial charge on any atom is 0.229 e. The van der Waals surface area contributed by atoms with Gasteiger partial charge in [-0.3, -0.25) is 9.59 Å². The van der Waals surface area contributed by atoms with Gasteiger partial charge in [-0.1, -0.05) is 26.0 Å². The monoisotopic (exact) mass is 332 g/mol. The number of nitrogens with zero attached hydrogens (tertiary/aromatic N) is 1. The molecule has 0 radical (unpaired) electrons. The van der Waals surface area contributed by atoms with E-state index in [9.17, 15) is 9.59 Å². The van der Waals surface area contributed by atoms with Crippen molar-refractivity contribution < 1.29 is 14.3 Å². The zero-order chi connectivity index (χ0) is 17.7. The van der Waals surface area contributed by atoms with Gasteiger partial charge in [0, 0.05) is 25.8 Å². The molecule has 0 aliphatic carbocycles. The van der Waals surface area contributed by atoms with Gasteiger partial charge in [0.1, 0.15) is 0 Å². The topological polar surface area (TPSA) is 58.6 Å². The summed E-state index contributed by atoms with van der Waals surface area (Å²) in [7, 11) is 1.62. The van der Waals surface area contributed by atoms with Gasteiger partial charge in [-0.25, -0.2) is 0 Å². The van der Waals surface area contributed by atoms with Gasteiger partial charge in [0.25, 0.3) is 0 Å². The highest BCUT2D eigenvalue weighted by Gasteiger charge is 2.36. The molecule has 0 unspecified atom stereocenters.